The van der Waals surface area contributed by atoms with Crippen LogP contribution in [0, 0.1) is 6.92 Å². The van der Waals surface area contributed by atoms with Crippen molar-refractivity contribution in [2.75, 3.05) is 18.1 Å². The maximum Gasteiger partial charge on any atom is 0.140 e. The van der Waals surface area contributed by atoms with E-state index >= 15 is 0 Å². The molecule has 1 saturated heterocycles. The average molecular weight is 253 g/mol. The van der Waals surface area contributed by atoms with Gasteiger partial charge >= 0.3 is 0 Å². The lowest BCUT2D eigenvalue weighted by atomic mass is 10.1. The van der Waals surface area contributed by atoms with Gasteiger partial charge in [-0.1, -0.05) is 0 Å². The predicted octanol–water partition coefficient (Wildman–Crippen LogP) is 0.935. The van der Waals surface area contributed by atoms with Crippen LogP contribution >= 0.6 is 11.8 Å². The molecule has 2 heterocycles. The van der Waals surface area contributed by atoms with Crippen molar-refractivity contribution >= 4 is 17.5 Å². The number of Topliss-reactive ketones (excluding diaryl/α,β-unsaturated/α-hetero) is 1. The van der Waals surface area contributed by atoms with Gasteiger partial charge in [0.1, 0.15) is 5.78 Å². The Morgan fingerprint density at radius 2 is 2.53 bits per heavy atom. The summed E-state index contributed by atoms with van der Waals surface area (Å²) in [5.74, 6) is 2.51. The molecular weight excluding hydrogens is 234 g/mol. The van der Waals surface area contributed by atoms with E-state index in [1.165, 1.54) is 0 Å². The van der Waals surface area contributed by atoms with E-state index in [9.17, 15) is 4.79 Å². The first-order valence-corrected chi connectivity index (χ1v) is 7.13. The summed E-state index contributed by atoms with van der Waals surface area (Å²) in [4.78, 5) is 12.0. The molecule has 1 fully saturated rings. The lowest BCUT2D eigenvalue weighted by Gasteiger charge is -2.22. The highest BCUT2D eigenvalue weighted by Gasteiger charge is 2.17. The van der Waals surface area contributed by atoms with Gasteiger partial charge < -0.3 is 5.32 Å². The number of aryl methyl sites for hydroxylation is 2. The first-order chi connectivity index (χ1) is 8.15. The van der Waals surface area contributed by atoms with E-state index in [1.807, 2.05) is 31.8 Å². The van der Waals surface area contributed by atoms with Crippen molar-refractivity contribution < 1.29 is 4.79 Å². The second kappa shape index (κ2) is 5.69. The van der Waals surface area contributed by atoms with Crippen LogP contribution in [-0.4, -0.2) is 39.7 Å². The summed E-state index contributed by atoms with van der Waals surface area (Å²) in [6.07, 6.45) is 1.14. The van der Waals surface area contributed by atoms with Crippen molar-refractivity contribution in [3.63, 3.8) is 0 Å². The number of carbonyl (C=O) groups is 1. The van der Waals surface area contributed by atoms with Crippen LogP contribution in [0.15, 0.2) is 6.07 Å². The fraction of sp³-hybridized carbons (Fsp3) is 0.667. The largest absolute Gasteiger partial charge is 0.312 e. The van der Waals surface area contributed by atoms with Crippen LogP contribution in [0.1, 0.15) is 17.8 Å². The monoisotopic (exact) mass is 253 g/mol. The third-order valence-corrected chi connectivity index (χ3v) is 4.08. The van der Waals surface area contributed by atoms with Crippen LogP contribution in [0.3, 0.4) is 0 Å². The molecule has 0 aliphatic carbocycles. The second-order valence-corrected chi connectivity index (χ2v) is 5.70. The topological polar surface area (TPSA) is 46.9 Å². The SMILES string of the molecule is Cc1cc(CC(=O)CC2CSCCN2)n(C)n1. The third kappa shape index (κ3) is 3.57. The van der Waals surface area contributed by atoms with Gasteiger partial charge in [-0.15, -0.1) is 0 Å². The lowest BCUT2D eigenvalue weighted by Crippen LogP contribution is -2.39. The number of nitrogens with one attached hydrogen (secondary N) is 1. The maximum absolute atomic E-state index is 12.0. The highest BCUT2D eigenvalue weighted by atomic mass is 32.2. The highest BCUT2D eigenvalue weighted by Crippen LogP contribution is 2.12. The molecule has 0 spiro atoms. The quantitative estimate of drug-likeness (QED) is 0.867. The van der Waals surface area contributed by atoms with Crippen LogP contribution in [0.4, 0.5) is 0 Å². The number of carbonyl (C=O) groups excluding carboxylic acids is 1. The van der Waals surface area contributed by atoms with Gasteiger partial charge in [0.05, 0.1) is 5.69 Å². The molecule has 0 saturated carbocycles. The molecule has 1 N–H and O–H groups in total. The van der Waals surface area contributed by atoms with Gasteiger partial charge in [-0.05, 0) is 13.0 Å². The molecule has 0 bridgehead atoms. The van der Waals surface area contributed by atoms with Crippen molar-refractivity contribution in [3.05, 3.63) is 17.5 Å². The van der Waals surface area contributed by atoms with E-state index in [2.05, 4.69) is 10.4 Å². The van der Waals surface area contributed by atoms with Crippen LogP contribution in [0.2, 0.25) is 0 Å². The van der Waals surface area contributed by atoms with Gasteiger partial charge in [0.15, 0.2) is 0 Å². The van der Waals surface area contributed by atoms with Gasteiger partial charge in [-0.3, -0.25) is 9.48 Å². The first-order valence-electron chi connectivity index (χ1n) is 5.97. The Bertz CT molecular complexity index is 396. The number of aromatic nitrogens is 2. The predicted molar refractivity (Wildman–Crippen MR) is 70.4 cm³/mol. The Morgan fingerprint density at radius 3 is 3.12 bits per heavy atom. The molecular formula is C12H19N3OS. The Hall–Kier alpha value is -0.810. The molecule has 0 amide bonds. The van der Waals surface area contributed by atoms with Crippen molar-refractivity contribution in [1.29, 1.82) is 0 Å². The lowest BCUT2D eigenvalue weighted by molar-refractivity contribution is -0.118. The molecule has 4 nitrogen and oxygen atoms in total. The molecule has 1 atom stereocenters. The minimum absolute atomic E-state index is 0.299. The summed E-state index contributed by atoms with van der Waals surface area (Å²) in [5.41, 5.74) is 1.98. The summed E-state index contributed by atoms with van der Waals surface area (Å²) in [5, 5.41) is 7.65. The van der Waals surface area contributed by atoms with E-state index < -0.39 is 0 Å². The van der Waals surface area contributed by atoms with E-state index in [-0.39, 0.29) is 0 Å². The summed E-state index contributed by atoms with van der Waals surface area (Å²) in [7, 11) is 1.89. The Labute approximate surface area is 106 Å². The molecule has 0 aromatic carbocycles. The van der Waals surface area contributed by atoms with Crippen LogP contribution in [0.5, 0.6) is 0 Å². The molecule has 1 aliphatic rings. The summed E-state index contributed by atoms with van der Waals surface area (Å²) < 4.78 is 1.80. The van der Waals surface area contributed by atoms with Crippen LogP contribution in [0.25, 0.3) is 0 Å². The van der Waals surface area contributed by atoms with Crippen molar-refractivity contribution in [2.45, 2.75) is 25.8 Å². The molecule has 1 unspecified atom stereocenters. The zero-order chi connectivity index (χ0) is 12.3. The van der Waals surface area contributed by atoms with Crippen molar-refractivity contribution in [3.8, 4) is 0 Å². The number of ketones is 1. The average Bonchev–Trinajstić information content (AvgIpc) is 2.58. The molecule has 17 heavy (non-hydrogen) atoms. The molecule has 1 aliphatic heterocycles. The van der Waals surface area contributed by atoms with Crippen molar-refractivity contribution in [1.82, 2.24) is 15.1 Å². The van der Waals surface area contributed by atoms with E-state index in [0.29, 0.717) is 24.7 Å². The minimum atomic E-state index is 0.299. The number of hydrogen-bond acceptors (Lipinski definition) is 4. The zero-order valence-corrected chi connectivity index (χ0v) is 11.2. The Morgan fingerprint density at radius 1 is 1.71 bits per heavy atom. The standard InChI is InChI=1S/C12H19N3OS/c1-9-5-11(15(2)14-9)7-12(16)6-10-8-17-4-3-13-10/h5,10,13H,3-4,6-8H2,1-2H3. The fourth-order valence-corrected chi connectivity index (χ4v) is 3.08. The number of hydrogen-bond donors (Lipinski definition) is 1. The number of rotatable bonds is 4. The number of nitrogens with zero attached hydrogens (tertiary/aromatic N) is 2. The van der Waals surface area contributed by atoms with Gasteiger partial charge in [0.2, 0.25) is 0 Å². The smallest absolute Gasteiger partial charge is 0.140 e. The van der Waals surface area contributed by atoms with E-state index in [0.717, 1.165) is 29.4 Å². The van der Waals surface area contributed by atoms with Crippen LogP contribution in [-0.2, 0) is 18.3 Å². The molecule has 5 heteroatoms. The van der Waals surface area contributed by atoms with Gasteiger partial charge in [0, 0.05) is 49.7 Å². The summed E-state index contributed by atoms with van der Waals surface area (Å²) in [6, 6.07) is 2.34. The van der Waals surface area contributed by atoms with Crippen molar-refractivity contribution in [2.24, 2.45) is 7.05 Å². The molecule has 1 aromatic rings. The minimum Gasteiger partial charge on any atom is -0.312 e. The highest BCUT2D eigenvalue weighted by molar-refractivity contribution is 7.99. The van der Waals surface area contributed by atoms with Gasteiger partial charge in [-0.2, -0.15) is 16.9 Å². The maximum atomic E-state index is 12.0. The van der Waals surface area contributed by atoms with Gasteiger partial charge in [0.25, 0.3) is 0 Å². The Balaban J connectivity index is 1.86. The first kappa shape index (κ1) is 12.6. The normalized spacial score (nSPS) is 20.5. The molecule has 0 radical (unpaired) electrons. The Kier molecular flexibility index (Phi) is 4.23. The van der Waals surface area contributed by atoms with Crippen LogP contribution < -0.4 is 5.32 Å². The zero-order valence-electron chi connectivity index (χ0n) is 10.4. The summed E-state index contributed by atoms with van der Waals surface area (Å²) >= 11 is 1.93. The van der Waals surface area contributed by atoms with E-state index in [4.69, 9.17) is 0 Å². The second-order valence-electron chi connectivity index (χ2n) is 4.55. The van der Waals surface area contributed by atoms with Gasteiger partial charge in [-0.25, -0.2) is 0 Å². The molecule has 1 aromatic heterocycles. The molecule has 2 rings (SSSR count). The third-order valence-electron chi connectivity index (χ3n) is 2.95. The fourth-order valence-electron chi connectivity index (χ4n) is 2.13. The number of thioether (sulfide) groups is 1. The molecule has 94 valence electrons. The summed E-state index contributed by atoms with van der Waals surface area (Å²) in [6.45, 7) is 2.97. The van der Waals surface area contributed by atoms with E-state index in [1.54, 1.807) is 4.68 Å².